The van der Waals surface area contributed by atoms with Gasteiger partial charge in [0, 0.05) is 28.2 Å². The summed E-state index contributed by atoms with van der Waals surface area (Å²) in [5, 5.41) is 4.01. The first-order valence-corrected chi connectivity index (χ1v) is 16.6. The minimum atomic E-state index is -4.24. The van der Waals surface area contributed by atoms with Crippen LogP contribution in [0.5, 0.6) is 5.75 Å². The summed E-state index contributed by atoms with van der Waals surface area (Å²) in [5.74, 6) is -0.368. The van der Waals surface area contributed by atoms with Crippen LogP contribution in [0, 0.1) is 0 Å². The molecule has 1 atom stereocenters. The third-order valence-corrected chi connectivity index (χ3v) is 9.31. The zero-order valence-electron chi connectivity index (χ0n) is 24.4. The van der Waals surface area contributed by atoms with Crippen molar-refractivity contribution < 1.29 is 22.7 Å². The number of carbonyl (C=O) groups excluding carboxylic acids is 2. The van der Waals surface area contributed by atoms with E-state index in [0.29, 0.717) is 46.0 Å². The van der Waals surface area contributed by atoms with Gasteiger partial charge < -0.3 is 15.0 Å². The summed E-state index contributed by atoms with van der Waals surface area (Å²) in [6.07, 6.45) is 1.96. The maximum absolute atomic E-state index is 14.2. The Balaban J connectivity index is 2.06. The Morgan fingerprint density at radius 2 is 1.56 bits per heavy atom. The van der Waals surface area contributed by atoms with Crippen molar-refractivity contribution in [1.29, 1.82) is 0 Å². The minimum absolute atomic E-state index is 0.0351. The second-order valence-electron chi connectivity index (χ2n) is 9.72. The summed E-state index contributed by atoms with van der Waals surface area (Å²) in [5.41, 5.74) is 0.809. The third kappa shape index (κ3) is 9.25. The summed E-state index contributed by atoms with van der Waals surface area (Å²) in [7, 11) is -4.24. The van der Waals surface area contributed by atoms with Gasteiger partial charge in [-0.25, -0.2) is 8.42 Å². The fourth-order valence-electron chi connectivity index (χ4n) is 4.40. The van der Waals surface area contributed by atoms with Crippen LogP contribution < -0.4 is 14.4 Å². The number of hydrogen-bond donors (Lipinski definition) is 1. The molecule has 0 saturated heterocycles. The first kappa shape index (κ1) is 34.5. The normalized spacial score (nSPS) is 12.0. The minimum Gasteiger partial charge on any atom is -0.494 e. The predicted octanol–water partition coefficient (Wildman–Crippen LogP) is 6.96. The van der Waals surface area contributed by atoms with Crippen molar-refractivity contribution >= 4 is 62.3 Å². The summed E-state index contributed by atoms with van der Waals surface area (Å²) in [6.45, 7) is 5.93. The number of unbranched alkanes of at least 4 members (excludes halogenated alkanes) is 1. The summed E-state index contributed by atoms with van der Waals surface area (Å²) < 4.78 is 34.5. The third-order valence-electron chi connectivity index (χ3n) is 6.69. The summed E-state index contributed by atoms with van der Waals surface area (Å²) in [4.78, 5) is 28.8. The van der Waals surface area contributed by atoms with Crippen LogP contribution in [0.3, 0.4) is 0 Å². The van der Waals surface area contributed by atoms with E-state index in [1.165, 1.54) is 29.2 Å². The standard InChI is InChI=1S/C31H36Cl3N3O5S/c1-4-7-18-35-31(39)29(5-2)36(20-22-8-9-24(33)19-28(22)34)30(38)21-37(25-12-14-26(15-13-25)42-6-3)43(40,41)27-16-10-23(32)11-17-27/h8-17,19,29H,4-7,18,20-21H2,1-3H3,(H,35,39)/t29-/m0/s1. The highest BCUT2D eigenvalue weighted by Crippen LogP contribution is 2.28. The monoisotopic (exact) mass is 667 g/mol. The van der Waals surface area contributed by atoms with Crippen LogP contribution in [0.25, 0.3) is 0 Å². The molecule has 0 aliphatic carbocycles. The average molecular weight is 669 g/mol. The molecule has 43 heavy (non-hydrogen) atoms. The SMILES string of the molecule is CCCCNC(=O)[C@H](CC)N(Cc1ccc(Cl)cc1Cl)C(=O)CN(c1ccc(OCC)cc1)S(=O)(=O)c1ccc(Cl)cc1. The second-order valence-corrected chi connectivity index (χ2v) is 12.9. The molecule has 0 heterocycles. The maximum atomic E-state index is 14.2. The highest BCUT2D eigenvalue weighted by molar-refractivity contribution is 7.92. The largest absolute Gasteiger partial charge is 0.494 e. The molecule has 2 amide bonds. The Morgan fingerprint density at radius 3 is 2.14 bits per heavy atom. The predicted molar refractivity (Wildman–Crippen MR) is 173 cm³/mol. The van der Waals surface area contributed by atoms with Crippen molar-refractivity contribution in [2.45, 2.75) is 57.5 Å². The molecule has 0 unspecified atom stereocenters. The number of sulfonamides is 1. The number of rotatable bonds is 15. The number of halogens is 3. The van der Waals surface area contributed by atoms with Gasteiger partial charge in [-0.2, -0.15) is 0 Å². The number of carbonyl (C=O) groups is 2. The number of ether oxygens (including phenoxy) is 1. The molecule has 0 spiro atoms. The first-order valence-electron chi connectivity index (χ1n) is 14.0. The van der Waals surface area contributed by atoms with Gasteiger partial charge in [0.2, 0.25) is 11.8 Å². The van der Waals surface area contributed by atoms with E-state index in [1.54, 1.807) is 49.4 Å². The zero-order valence-corrected chi connectivity index (χ0v) is 27.4. The Morgan fingerprint density at radius 1 is 0.907 bits per heavy atom. The molecule has 0 fully saturated rings. The topological polar surface area (TPSA) is 96.0 Å². The molecule has 0 bridgehead atoms. The number of amides is 2. The summed E-state index contributed by atoms with van der Waals surface area (Å²) in [6, 6.07) is 16.1. The molecular weight excluding hydrogens is 633 g/mol. The smallest absolute Gasteiger partial charge is 0.264 e. The number of hydrogen-bond acceptors (Lipinski definition) is 5. The molecule has 12 heteroatoms. The fraction of sp³-hybridized carbons (Fsp3) is 0.355. The van der Waals surface area contributed by atoms with Crippen molar-refractivity contribution in [3.63, 3.8) is 0 Å². The second kappa shape index (κ2) is 16.2. The molecule has 0 aliphatic heterocycles. The van der Waals surface area contributed by atoms with E-state index in [2.05, 4.69) is 5.32 Å². The molecule has 3 aromatic carbocycles. The van der Waals surface area contributed by atoms with E-state index in [9.17, 15) is 18.0 Å². The Labute approximate surface area is 268 Å². The zero-order chi connectivity index (χ0) is 31.6. The fourth-order valence-corrected chi connectivity index (χ4v) is 6.41. The number of anilines is 1. The van der Waals surface area contributed by atoms with Gasteiger partial charge in [0.05, 0.1) is 17.2 Å². The molecule has 0 saturated carbocycles. The van der Waals surface area contributed by atoms with Crippen LogP contribution in [-0.4, -0.2) is 50.9 Å². The van der Waals surface area contributed by atoms with Crippen LogP contribution in [-0.2, 0) is 26.2 Å². The molecule has 0 aliphatic rings. The number of nitrogens with zero attached hydrogens (tertiary/aromatic N) is 2. The van der Waals surface area contributed by atoms with E-state index >= 15 is 0 Å². The summed E-state index contributed by atoms with van der Waals surface area (Å²) >= 11 is 18.6. The molecule has 8 nitrogen and oxygen atoms in total. The quantitative estimate of drug-likeness (QED) is 0.177. The van der Waals surface area contributed by atoms with E-state index in [0.717, 1.165) is 17.1 Å². The lowest BCUT2D eigenvalue weighted by Gasteiger charge is -2.33. The van der Waals surface area contributed by atoms with Crippen LogP contribution in [0.15, 0.2) is 71.6 Å². The van der Waals surface area contributed by atoms with Crippen LogP contribution in [0.4, 0.5) is 5.69 Å². The molecule has 3 rings (SSSR count). The van der Waals surface area contributed by atoms with E-state index in [-0.39, 0.29) is 23.0 Å². The molecule has 0 aromatic heterocycles. The lowest BCUT2D eigenvalue weighted by molar-refractivity contribution is -0.140. The maximum Gasteiger partial charge on any atom is 0.264 e. The van der Waals surface area contributed by atoms with Gasteiger partial charge in [0.1, 0.15) is 18.3 Å². The van der Waals surface area contributed by atoms with Crippen molar-refractivity contribution in [3.05, 3.63) is 87.4 Å². The molecule has 3 aromatic rings. The average Bonchev–Trinajstić information content (AvgIpc) is 2.97. The van der Waals surface area contributed by atoms with Gasteiger partial charge in [-0.1, -0.05) is 61.1 Å². The highest BCUT2D eigenvalue weighted by atomic mass is 35.5. The molecular formula is C31H36Cl3N3O5S. The van der Waals surface area contributed by atoms with Crippen molar-refractivity contribution in [3.8, 4) is 5.75 Å². The van der Waals surface area contributed by atoms with E-state index < -0.39 is 28.5 Å². The Hall–Kier alpha value is -2.98. The van der Waals surface area contributed by atoms with Crippen LogP contribution >= 0.6 is 34.8 Å². The van der Waals surface area contributed by atoms with E-state index in [4.69, 9.17) is 39.5 Å². The van der Waals surface area contributed by atoms with Gasteiger partial charge in [-0.3, -0.25) is 13.9 Å². The lowest BCUT2D eigenvalue weighted by atomic mass is 10.1. The van der Waals surface area contributed by atoms with E-state index in [1.807, 2.05) is 13.8 Å². The lowest BCUT2D eigenvalue weighted by Crippen LogP contribution is -2.52. The number of nitrogens with one attached hydrogen (secondary N) is 1. The molecule has 1 N–H and O–H groups in total. The first-order chi connectivity index (χ1) is 20.5. The number of benzene rings is 3. The van der Waals surface area contributed by atoms with Crippen LogP contribution in [0.2, 0.25) is 15.1 Å². The van der Waals surface area contributed by atoms with Gasteiger partial charge in [-0.05, 0) is 86.0 Å². The van der Waals surface area contributed by atoms with Crippen LogP contribution in [0.1, 0.15) is 45.6 Å². The van der Waals surface area contributed by atoms with Crippen molar-refractivity contribution in [2.24, 2.45) is 0 Å². The van der Waals surface area contributed by atoms with Crippen molar-refractivity contribution in [1.82, 2.24) is 10.2 Å². The Kier molecular flexibility index (Phi) is 13.0. The molecule has 232 valence electrons. The van der Waals surface area contributed by atoms with Gasteiger partial charge in [0.15, 0.2) is 0 Å². The van der Waals surface area contributed by atoms with Gasteiger partial charge >= 0.3 is 0 Å². The molecule has 0 radical (unpaired) electrons. The Bertz CT molecular complexity index is 1490. The van der Waals surface area contributed by atoms with Gasteiger partial charge in [-0.15, -0.1) is 0 Å². The van der Waals surface area contributed by atoms with Crippen molar-refractivity contribution in [2.75, 3.05) is 24.0 Å². The highest BCUT2D eigenvalue weighted by Gasteiger charge is 2.34. The van der Waals surface area contributed by atoms with Gasteiger partial charge in [0.25, 0.3) is 10.0 Å².